The number of carbonyl (C=O) groups is 1. The van der Waals surface area contributed by atoms with Crippen molar-refractivity contribution in [3.8, 4) is 22.2 Å². The van der Waals surface area contributed by atoms with E-state index in [1.165, 1.54) is 17.4 Å². The van der Waals surface area contributed by atoms with Gasteiger partial charge in [-0.25, -0.2) is 14.8 Å². The second kappa shape index (κ2) is 8.93. The number of hydrogen-bond acceptors (Lipinski definition) is 7. The molecule has 0 unspecified atom stereocenters. The Bertz CT molecular complexity index is 1240. The average molecular weight is 433 g/mol. The number of aromatic nitrogens is 3. The summed E-state index contributed by atoms with van der Waals surface area (Å²) < 4.78 is 6.17. The highest BCUT2D eigenvalue weighted by Gasteiger charge is 2.16. The Morgan fingerprint density at radius 1 is 1.13 bits per heavy atom. The molecule has 2 N–H and O–H groups in total. The molecule has 1 aromatic carbocycles. The summed E-state index contributed by atoms with van der Waals surface area (Å²) in [6.45, 7) is 3.99. The summed E-state index contributed by atoms with van der Waals surface area (Å²) in [4.78, 5) is 24.8. The van der Waals surface area contributed by atoms with Gasteiger partial charge in [0, 0.05) is 23.6 Å². The summed E-state index contributed by atoms with van der Waals surface area (Å²) in [5.74, 6) is 0.144. The van der Waals surface area contributed by atoms with E-state index in [0.717, 1.165) is 22.8 Å². The molecule has 0 aliphatic rings. The zero-order valence-electron chi connectivity index (χ0n) is 17.0. The molecule has 0 aliphatic heterocycles. The third-order valence-electron chi connectivity index (χ3n) is 4.40. The first-order valence-electron chi connectivity index (χ1n) is 9.70. The minimum Gasteiger partial charge on any atom is -0.478 e. The molecule has 0 spiro atoms. The Kier molecular flexibility index (Phi) is 5.90. The number of anilines is 2. The Labute approximate surface area is 183 Å². The number of ether oxygens (including phenoxy) is 1. The highest BCUT2D eigenvalue weighted by Crippen LogP contribution is 2.38. The SMILES string of the molecule is CCc1nc(-c2cccc(C)n2)c(Oc2ccnc(Nc3cccc(C(=O)O)c3)c2)s1. The monoisotopic (exact) mass is 432 g/mol. The summed E-state index contributed by atoms with van der Waals surface area (Å²) in [5.41, 5.74) is 3.22. The molecule has 0 radical (unpaired) electrons. The Morgan fingerprint density at radius 3 is 2.74 bits per heavy atom. The fourth-order valence-corrected chi connectivity index (χ4v) is 3.81. The number of carboxylic acids is 1. The number of nitrogens with zero attached hydrogens (tertiary/aromatic N) is 3. The minimum absolute atomic E-state index is 0.199. The molecule has 3 aromatic heterocycles. The topological polar surface area (TPSA) is 97.2 Å². The Balaban J connectivity index is 1.60. The van der Waals surface area contributed by atoms with Gasteiger partial charge in [-0.05, 0) is 49.7 Å². The fraction of sp³-hybridized carbons (Fsp3) is 0.130. The first kappa shape index (κ1) is 20.5. The summed E-state index contributed by atoms with van der Waals surface area (Å²) in [7, 11) is 0. The summed E-state index contributed by atoms with van der Waals surface area (Å²) in [6, 6.07) is 15.9. The van der Waals surface area contributed by atoms with E-state index < -0.39 is 5.97 Å². The molecule has 3 heterocycles. The van der Waals surface area contributed by atoms with Crippen LogP contribution in [0.15, 0.2) is 60.8 Å². The van der Waals surface area contributed by atoms with Crippen LogP contribution in [0, 0.1) is 6.92 Å². The molecule has 7 nitrogen and oxygen atoms in total. The molecule has 4 aromatic rings. The number of thiazole rings is 1. The summed E-state index contributed by atoms with van der Waals surface area (Å²) in [5, 5.41) is 13.9. The largest absolute Gasteiger partial charge is 0.478 e. The van der Waals surface area contributed by atoms with Crippen LogP contribution in [0.3, 0.4) is 0 Å². The second-order valence-electron chi connectivity index (χ2n) is 6.75. The van der Waals surface area contributed by atoms with E-state index >= 15 is 0 Å². The van der Waals surface area contributed by atoms with Crippen LogP contribution in [0.4, 0.5) is 11.5 Å². The predicted molar refractivity (Wildman–Crippen MR) is 120 cm³/mol. The Morgan fingerprint density at radius 2 is 1.97 bits per heavy atom. The third-order valence-corrected chi connectivity index (χ3v) is 5.48. The molecule has 0 saturated carbocycles. The average Bonchev–Trinajstić information content (AvgIpc) is 3.17. The van der Waals surface area contributed by atoms with Gasteiger partial charge in [0.25, 0.3) is 0 Å². The van der Waals surface area contributed by atoms with Crippen LogP contribution < -0.4 is 10.1 Å². The van der Waals surface area contributed by atoms with Crippen LogP contribution in [0.2, 0.25) is 0 Å². The quantitative estimate of drug-likeness (QED) is 0.386. The molecule has 4 rings (SSSR count). The van der Waals surface area contributed by atoms with Gasteiger partial charge in [-0.3, -0.25) is 4.98 Å². The maximum Gasteiger partial charge on any atom is 0.335 e. The van der Waals surface area contributed by atoms with Gasteiger partial charge in [0.05, 0.1) is 16.3 Å². The van der Waals surface area contributed by atoms with Gasteiger partial charge in [0.2, 0.25) is 5.06 Å². The first-order chi connectivity index (χ1) is 15.0. The predicted octanol–water partition coefficient (Wildman–Crippen LogP) is 5.71. The number of carboxylic acid groups (broad SMARTS) is 1. The molecule has 0 amide bonds. The molecule has 31 heavy (non-hydrogen) atoms. The molecule has 0 aliphatic carbocycles. The highest BCUT2D eigenvalue weighted by molar-refractivity contribution is 7.14. The second-order valence-corrected chi connectivity index (χ2v) is 7.80. The molecule has 0 fully saturated rings. The number of aryl methyl sites for hydroxylation is 2. The van der Waals surface area contributed by atoms with Crippen molar-refractivity contribution in [2.24, 2.45) is 0 Å². The molecule has 156 valence electrons. The number of nitrogens with one attached hydrogen (secondary N) is 1. The van der Waals surface area contributed by atoms with Crippen molar-refractivity contribution in [3.05, 3.63) is 77.1 Å². The van der Waals surface area contributed by atoms with Crippen molar-refractivity contribution in [1.29, 1.82) is 0 Å². The number of hydrogen-bond donors (Lipinski definition) is 2. The number of benzene rings is 1. The van der Waals surface area contributed by atoms with E-state index in [1.807, 2.05) is 25.1 Å². The zero-order valence-corrected chi connectivity index (χ0v) is 17.8. The lowest BCUT2D eigenvalue weighted by Gasteiger charge is -2.09. The van der Waals surface area contributed by atoms with Crippen LogP contribution in [0.5, 0.6) is 10.8 Å². The van der Waals surface area contributed by atoms with Crippen molar-refractivity contribution in [2.45, 2.75) is 20.3 Å². The van der Waals surface area contributed by atoms with Crippen molar-refractivity contribution in [2.75, 3.05) is 5.32 Å². The Hall–Kier alpha value is -3.78. The van der Waals surface area contributed by atoms with Gasteiger partial charge >= 0.3 is 5.97 Å². The van der Waals surface area contributed by atoms with Crippen molar-refractivity contribution < 1.29 is 14.6 Å². The molecular weight excluding hydrogens is 412 g/mol. The van der Waals surface area contributed by atoms with Gasteiger partial charge in [-0.1, -0.05) is 30.4 Å². The van der Waals surface area contributed by atoms with E-state index in [4.69, 9.17) is 14.8 Å². The van der Waals surface area contributed by atoms with E-state index in [1.54, 1.807) is 36.5 Å². The van der Waals surface area contributed by atoms with Crippen LogP contribution in [-0.2, 0) is 6.42 Å². The lowest BCUT2D eigenvalue weighted by molar-refractivity contribution is 0.0697. The number of rotatable bonds is 7. The molecule has 8 heteroatoms. The van der Waals surface area contributed by atoms with Gasteiger partial charge in [-0.15, -0.1) is 0 Å². The first-order valence-corrected chi connectivity index (χ1v) is 10.5. The van der Waals surface area contributed by atoms with E-state index in [0.29, 0.717) is 28.0 Å². The lowest BCUT2D eigenvalue weighted by Crippen LogP contribution is -1.99. The van der Waals surface area contributed by atoms with E-state index in [2.05, 4.69) is 22.2 Å². The van der Waals surface area contributed by atoms with E-state index in [9.17, 15) is 4.79 Å². The van der Waals surface area contributed by atoms with Gasteiger partial charge in [0.1, 0.15) is 17.3 Å². The summed E-state index contributed by atoms with van der Waals surface area (Å²) in [6.07, 6.45) is 2.43. The molecule has 0 bridgehead atoms. The fourth-order valence-electron chi connectivity index (χ4n) is 2.93. The van der Waals surface area contributed by atoms with Gasteiger partial charge in [-0.2, -0.15) is 0 Å². The van der Waals surface area contributed by atoms with Crippen molar-refractivity contribution in [1.82, 2.24) is 15.0 Å². The molecular formula is C23H20N4O3S. The minimum atomic E-state index is -0.983. The van der Waals surface area contributed by atoms with Crippen LogP contribution in [0.25, 0.3) is 11.4 Å². The number of pyridine rings is 2. The normalized spacial score (nSPS) is 10.6. The highest BCUT2D eigenvalue weighted by atomic mass is 32.1. The maximum atomic E-state index is 11.2. The van der Waals surface area contributed by atoms with Crippen LogP contribution >= 0.6 is 11.3 Å². The van der Waals surface area contributed by atoms with E-state index in [-0.39, 0.29) is 5.56 Å². The van der Waals surface area contributed by atoms with Crippen molar-refractivity contribution >= 4 is 28.8 Å². The van der Waals surface area contributed by atoms with Crippen molar-refractivity contribution in [3.63, 3.8) is 0 Å². The molecule has 0 saturated heterocycles. The maximum absolute atomic E-state index is 11.2. The standard InChI is InChI=1S/C23H20N4O3S/c1-3-20-27-21(18-9-4-6-14(2)25-18)23(31-20)30-17-10-11-24-19(13-17)26-16-8-5-7-15(12-16)22(28)29/h4-13H,3H2,1-2H3,(H,24,26)(H,28,29). The van der Waals surface area contributed by atoms with Gasteiger partial charge in [0.15, 0.2) is 0 Å². The van der Waals surface area contributed by atoms with Crippen LogP contribution in [-0.4, -0.2) is 26.0 Å². The molecule has 0 atom stereocenters. The summed E-state index contributed by atoms with van der Waals surface area (Å²) >= 11 is 1.49. The third kappa shape index (κ3) is 4.87. The number of aromatic carboxylic acids is 1. The smallest absolute Gasteiger partial charge is 0.335 e. The lowest BCUT2D eigenvalue weighted by atomic mass is 10.2. The van der Waals surface area contributed by atoms with Gasteiger partial charge < -0.3 is 15.2 Å². The zero-order chi connectivity index (χ0) is 21.8. The van der Waals surface area contributed by atoms with Crippen LogP contribution in [0.1, 0.15) is 28.0 Å².